The molecule has 0 bridgehead atoms. The third kappa shape index (κ3) is 3.32. The molecule has 104 valence electrons. The molecule has 1 aromatic heterocycles. The maximum absolute atomic E-state index is 11.4. The largest absolute Gasteiger partial charge is 0.459 e. The molecule has 0 spiro atoms. The van der Waals surface area contributed by atoms with Crippen molar-refractivity contribution in [1.82, 2.24) is 10.3 Å². The first-order valence-corrected chi connectivity index (χ1v) is 6.50. The molecule has 0 aliphatic heterocycles. The molecule has 1 amide bonds. The first-order valence-electron chi connectivity index (χ1n) is 6.50. The number of para-hydroxylation sites is 1. The Bertz CT molecular complexity index is 620. The highest BCUT2D eigenvalue weighted by molar-refractivity contribution is 6.32. The van der Waals surface area contributed by atoms with E-state index in [9.17, 15) is 9.59 Å². The van der Waals surface area contributed by atoms with Crippen molar-refractivity contribution in [2.24, 2.45) is 0 Å². The average molecular weight is 272 g/mol. The second kappa shape index (κ2) is 6.65. The van der Waals surface area contributed by atoms with E-state index in [1.54, 1.807) is 13.1 Å². The lowest BCUT2D eigenvalue weighted by Crippen LogP contribution is -2.33. The molecule has 0 radical (unpaired) electrons. The number of hydrogen-bond donors (Lipinski definition) is 1. The summed E-state index contributed by atoms with van der Waals surface area (Å²) in [5.41, 5.74) is 1.95. The molecule has 2 aromatic rings. The highest BCUT2D eigenvalue weighted by Crippen LogP contribution is 2.15. The summed E-state index contributed by atoms with van der Waals surface area (Å²) >= 11 is 0. The topological polar surface area (TPSA) is 68.3 Å². The van der Waals surface area contributed by atoms with Crippen LogP contribution in [-0.4, -0.2) is 30.0 Å². The van der Waals surface area contributed by atoms with E-state index in [-0.39, 0.29) is 6.61 Å². The highest BCUT2D eigenvalue weighted by atomic mass is 16.5. The number of fused-ring (bicyclic) bond motifs is 1. The Hall–Kier alpha value is -2.43. The summed E-state index contributed by atoms with van der Waals surface area (Å²) in [7, 11) is 0. The number of benzene rings is 1. The summed E-state index contributed by atoms with van der Waals surface area (Å²) in [5.74, 6) is -1.55. The van der Waals surface area contributed by atoms with E-state index in [1.807, 2.05) is 30.3 Å². The molecule has 20 heavy (non-hydrogen) atoms. The minimum atomic E-state index is -0.844. The third-order valence-corrected chi connectivity index (χ3v) is 2.86. The predicted molar refractivity (Wildman–Crippen MR) is 75.1 cm³/mol. The highest BCUT2D eigenvalue weighted by Gasteiger charge is 2.13. The summed E-state index contributed by atoms with van der Waals surface area (Å²) in [5, 5.41) is 3.60. The van der Waals surface area contributed by atoms with Gasteiger partial charge < -0.3 is 10.1 Å². The summed E-state index contributed by atoms with van der Waals surface area (Å²) in [4.78, 5) is 26.9. The second-order valence-electron chi connectivity index (χ2n) is 4.22. The van der Waals surface area contributed by atoms with Crippen molar-refractivity contribution < 1.29 is 14.3 Å². The number of amides is 1. The van der Waals surface area contributed by atoms with Gasteiger partial charge in [-0.15, -0.1) is 0 Å². The molecule has 0 atom stereocenters. The average Bonchev–Trinajstić information content (AvgIpc) is 2.47. The SMILES string of the molecule is CCOC(=O)C(=O)NCCc1cccc2cccnc12. The Labute approximate surface area is 117 Å². The van der Waals surface area contributed by atoms with Gasteiger partial charge >= 0.3 is 11.9 Å². The standard InChI is InChI=1S/C15H16N2O3/c1-2-20-15(19)14(18)17-10-8-12-6-3-5-11-7-4-9-16-13(11)12/h3-7,9H,2,8,10H2,1H3,(H,17,18). The number of rotatable bonds is 4. The Kier molecular flexibility index (Phi) is 4.65. The molecule has 1 N–H and O–H groups in total. The first-order chi connectivity index (χ1) is 9.72. The second-order valence-corrected chi connectivity index (χ2v) is 4.22. The number of ether oxygens (including phenoxy) is 1. The number of carbonyl (C=O) groups is 2. The predicted octanol–water partition coefficient (Wildman–Crippen LogP) is 1.46. The fraction of sp³-hybridized carbons (Fsp3) is 0.267. The Morgan fingerprint density at radius 2 is 2.05 bits per heavy atom. The third-order valence-electron chi connectivity index (χ3n) is 2.86. The summed E-state index contributed by atoms with van der Waals surface area (Å²) in [6.45, 7) is 2.22. The van der Waals surface area contributed by atoms with E-state index in [0.717, 1.165) is 16.5 Å². The molecule has 1 aromatic carbocycles. The molecule has 0 aliphatic rings. The number of nitrogens with one attached hydrogen (secondary N) is 1. The molecule has 5 nitrogen and oxygen atoms in total. The zero-order chi connectivity index (χ0) is 14.4. The van der Waals surface area contributed by atoms with E-state index in [2.05, 4.69) is 15.0 Å². The molecule has 1 heterocycles. The van der Waals surface area contributed by atoms with E-state index < -0.39 is 11.9 Å². The minimum absolute atomic E-state index is 0.194. The fourth-order valence-electron chi connectivity index (χ4n) is 1.95. The van der Waals surface area contributed by atoms with Crippen LogP contribution < -0.4 is 5.32 Å². The van der Waals surface area contributed by atoms with E-state index in [1.165, 1.54) is 0 Å². The Balaban J connectivity index is 1.96. The Morgan fingerprint density at radius 3 is 2.85 bits per heavy atom. The van der Waals surface area contributed by atoms with Gasteiger partial charge in [0.2, 0.25) is 0 Å². The molecule has 5 heteroatoms. The summed E-state index contributed by atoms with van der Waals surface area (Å²) in [6.07, 6.45) is 2.35. The minimum Gasteiger partial charge on any atom is -0.459 e. The number of hydrogen-bond acceptors (Lipinski definition) is 4. The van der Waals surface area contributed by atoms with E-state index in [0.29, 0.717) is 13.0 Å². The van der Waals surface area contributed by atoms with E-state index >= 15 is 0 Å². The smallest absolute Gasteiger partial charge is 0.396 e. The van der Waals surface area contributed by atoms with Crippen LogP contribution in [0.25, 0.3) is 10.9 Å². The van der Waals surface area contributed by atoms with Gasteiger partial charge in [0.15, 0.2) is 0 Å². The Morgan fingerprint density at radius 1 is 1.25 bits per heavy atom. The number of aromatic nitrogens is 1. The van der Waals surface area contributed by atoms with Gasteiger partial charge in [-0.05, 0) is 25.0 Å². The van der Waals surface area contributed by atoms with Crippen LogP contribution in [0, 0.1) is 0 Å². The first kappa shape index (κ1) is 14.0. The van der Waals surface area contributed by atoms with Crippen molar-refractivity contribution in [3.63, 3.8) is 0 Å². The van der Waals surface area contributed by atoms with Gasteiger partial charge in [0.25, 0.3) is 0 Å². The molecular formula is C15H16N2O3. The van der Waals surface area contributed by atoms with Gasteiger partial charge in [-0.2, -0.15) is 0 Å². The lowest BCUT2D eigenvalue weighted by molar-refractivity contribution is -0.154. The summed E-state index contributed by atoms with van der Waals surface area (Å²) < 4.78 is 4.61. The van der Waals surface area contributed by atoms with Crippen molar-refractivity contribution in [2.75, 3.05) is 13.2 Å². The molecule has 2 rings (SSSR count). The van der Waals surface area contributed by atoms with Crippen molar-refractivity contribution in [2.45, 2.75) is 13.3 Å². The number of nitrogens with zero attached hydrogens (tertiary/aromatic N) is 1. The van der Waals surface area contributed by atoms with Crippen LogP contribution in [0.3, 0.4) is 0 Å². The summed E-state index contributed by atoms with van der Waals surface area (Å²) in [6, 6.07) is 9.78. The number of pyridine rings is 1. The van der Waals surface area contributed by atoms with Crippen LogP contribution in [-0.2, 0) is 20.7 Å². The van der Waals surface area contributed by atoms with Crippen LogP contribution in [0.5, 0.6) is 0 Å². The van der Waals surface area contributed by atoms with Crippen molar-refractivity contribution in [3.05, 3.63) is 42.1 Å². The molecule has 0 fully saturated rings. The van der Waals surface area contributed by atoms with Crippen molar-refractivity contribution in [3.8, 4) is 0 Å². The van der Waals surface area contributed by atoms with Gasteiger partial charge in [-0.25, -0.2) is 4.79 Å². The normalized spacial score (nSPS) is 10.2. The molecule has 0 saturated carbocycles. The van der Waals surface area contributed by atoms with Crippen LogP contribution in [0.15, 0.2) is 36.5 Å². The van der Waals surface area contributed by atoms with Gasteiger partial charge in [-0.1, -0.05) is 24.3 Å². The zero-order valence-electron chi connectivity index (χ0n) is 11.3. The molecule has 0 aliphatic carbocycles. The van der Waals surface area contributed by atoms with Gasteiger partial charge in [0.1, 0.15) is 0 Å². The van der Waals surface area contributed by atoms with Gasteiger partial charge in [0, 0.05) is 18.1 Å². The van der Waals surface area contributed by atoms with Gasteiger partial charge in [0.05, 0.1) is 12.1 Å². The quantitative estimate of drug-likeness (QED) is 0.676. The lowest BCUT2D eigenvalue weighted by Gasteiger charge is -2.07. The number of esters is 1. The van der Waals surface area contributed by atoms with Crippen molar-refractivity contribution >= 4 is 22.8 Å². The molecule has 0 saturated heterocycles. The van der Waals surface area contributed by atoms with E-state index in [4.69, 9.17) is 0 Å². The zero-order valence-corrected chi connectivity index (χ0v) is 11.3. The number of carbonyl (C=O) groups excluding carboxylic acids is 2. The molecular weight excluding hydrogens is 256 g/mol. The maximum Gasteiger partial charge on any atom is 0.396 e. The van der Waals surface area contributed by atoms with Crippen LogP contribution in [0.4, 0.5) is 0 Å². The van der Waals surface area contributed by atoms with Gasteiger partial charge in [-0.3, -0.25) is 9.78 Å². The monoisotopic (exact) mass is 272 g/mol. The maximum atomic E-state index is 11.4. The van der Waals surface area contributed by atoms with Crippen molar-refractivity contribution in [1.29, 1.82) is 0 Å². The lowest BCUT2D eigenvalue weighted by atomic mass is 10.1. The van der Waals surface area contributed by atoms with Crippen LogP contribution in [0.1, 0.15) is 12.5 Å². The molecule has 0 unspecified atom stereocenters. The fourth-order valence-corrected chi connectivity index (χ4v) is 1.95. The van der Waals surface area contributed by atoms with Crippen LogP contribution >= 0.6 is 0 Å². The van der Waals surface area contributed by atoms with Crippen LogP contribution in [0.2, 0.25) is 0 Å².